The van der Waals surface area contributed by atoms with Crippen LogP contribution in [0.25, 0.3) is 0 Å². The third-order valence-corrected chi connectivity index (χ3v) is 6.45. The van der Waals surface area contributed by atoms with E-state index >= 15 is 0 Å². The molecule has 0 saturated heterocycles. The van der Waals surface area contributed by atoms with Gasteiger partial charge in [-0.25, -0.2) is 4.79 Å². The predicted molar refractivity (Wildman–Crippen MR) is 138 cm³/mol. The maximum absolute atomic E-state index is 13.9. The summed E-state index contributed by atoms with van der Waals surface area (Å²) in [7, 11) is 3.10. The maximum atomic E-state index is 13.9. The van der Waals surface area contributed by atoms with Crippen molar-refractivity contribution in [1.82, 2.24) is 4.98 Å². The van der Waals surface area contributed by atoms with Crippen LogP contribution < -0.4 is 19.7 Å². The molecule has 1 aliphatic rings. The van der Waals surface area contributed by atoms with Crippen molar-refractivity contribution >= 4 is 23.4 Å². The molecule has 2 N–H and O–H groups in total. The van der Waals surface area contributed by atoms with E-state index in [2.05, 4.69) is 24.1 Å². The molecule has 1 saturated carbocycles. The lowest BCUT2D eigenvalue weighted by molar-refractivity contribution is -0.142. The first-order valence-corrected chi connectivity index (χ1v) is 12.4. The number of carboxylic acid groups (broad SMARTS) is 1. The smallest absolute Gasteiger partial charge is 0.326 e. The quantitative estimate of drug-likeness (QED) is 0.456. The molecule has 9 heteroatoms. The van der Waals surface area contributed by atoms with E-state index in [-0.39, 0.29) is 35.9 Å². The van der Waals surface area contributed by atoms with Crippen LogP contribution in [0.1, 0.15) is 57.9 Å². The summed E-state index contributed by atoms with van der Waals surface area (Å²) in [5.74, 6) is -0.355. The molecule has 2 amide bonds. The molecule has 0 unspecified atom stereocenters. The van der Waals surface area contributed by atoms with Crippen LogP contribution in [0.4, 0.5) is 16.2 Å². The molecule has 1 aromatic carbocycles. The molecule has 0 spiro atoms. The fourth-order valence-electron chi connectivity index (χ4n) is 4.60. The Bertz CT molecular complexity index is 1040. The van der Waals surface area contributed by atoms with Gasteiger partial charge in [0.15, 0.2) is 0 Å². The molecule has 1 aromatic heterocycles. The van der Waals surface area contributed by atoms with Gasteiger partial charge in [0.2, 0.25) is 11.8 Å². The highest BCUT2D eigenvalue weighted by atomic mass is 16.5. The molecule has 1 atom stereocenters. The lowest BCUT2D eigenvalue weighted by Crippen LogP contribution is -2.46. The number of para-hydroxylation sites is 1. The molecule has 3 rings (SSSR count). The van der Waals surface area contributed by atoms with Crippen molar-refractivity contribution in [1.29, 1.82) is 0 Å². The summed E-state index contributed by atoms with van der Waals surface area (Å²) in [6.07, 6.45) is 1.97. The Morgan fingerprint density at radius 1 is 1.08 bits per heavy atom. The fourth-order valence-corrected chi connectivity index (χ4v) is 4.60. The van der Waals surface area contributed by atoms with Crippen LogP contribution in [0, 0.1) is 5.92 Å². The van der Waals surface area contributed by atoms with Crippen molar-refractivity contribution in [2.24, 2.45) is 5.92 Å². The molecule has 2 aromatic rings. The average molecular weight is 500 g/mol. The van der Waals surface area contributed by atoms with Gasteiger partial charge in [-0.15, -0.1) is 0 Å². The number of carbonyl (C=O) groups is 2. The number of aliphatic carboxylic acids is 1. The Kier molecular flexibility index (Phi) is 9.52. The zero-order valence-corrected chi connectivity index (χ0v) is 21.7. The summed E-state index contributed by atoms with van der Waals surface area (Å²) in [5.41, 5.74) is 2.28. The molecule has 36 heavy (non-hydrogen) atoms. The van der Waals surface area contributed by atoms with E-state index in [9.17, 15) is 14.7 Å². The lowest BCUT2D eigenvalue weighted by atomic mass is 9.85. The number of pyridine rings is 1. The first kappa shape index (κ1) is 27.3. The van der Waals surface area contributed by atoms with Crippen LogP contribution in [0.15, 0.2) is 36.4 Å². The Morgan fingerprint density at radius 2 is 1.78 bits per heavy atom. The minimum Gasteiger partial charge on any atom is -0.481 e. The van der Waals surface area contributed by atoms with Gasteiger partial charge in [0, 0.05) is 24.9 Å². The van der Waals surface area contributed by atoms with Gasteiger partial charge in [-0.2, -0.15) is 4.98 Å². The number of amides is 2. The number of hydrogen-bond acceptors (Lipinski definition) is 6. The summed E-state index contributed by atoms with van der Waals surface area (Å²) < 4.78 is 16.4. The number of anilines is 2. The predicted octanol–water partition coefficient (Wildman–Crippen LogP) is 5.31. The van der Waals surface area contributed by atoms with Gasteiger partial charge in [0.1, 0.15) is 11.8 Å². The zero-order valence-electron chi connectivity index (χ0n) is 21.7. The van der Waals surface area contributed by atoms with Gasteiger partial charge in [-0.05, 0) is 56.2 Å². The standard InChI is InChI=1S/C27H37N3O6/c1-17(2)21-8-6-7-9-23(21)30(20-12-10-19(11-13-20)26(31)32)27(33)28-22-14-15-24(35-5)29-25(22)36-18(3)16-34-4/h6-9,14-15,17-20H,10-13,16H2,1-5H3,(H,28,33)(H,31,32)/t18-,19?,20?/m0/s1. The molecular weight excluding hydrogens is 462 g/mol. The van der Waals surface area contributed by atoms with E-state index < -0.39 is 5.97 Å². The first-order valence-electron chi connectivity index (χ1n) is 12.4. The van der Waals surface area contributed by atoms with Crippen molar-refractivity contribution in [3.63, 3.8) is 0 Å². The van der Waals surface area contributed by atoms with E-state index in [4.69, 9.17) is 14.2 Å². The van der Waals surface area contributed by atoms with Crippen LogP contribution in [0.3, 0.4) is 0 Å². The Balaban J connectivity index is 1.95. The number of hydrogen-bond donors (Lipinski definition) is 2. The Labute approximate surface area is 212 Å². The highest BCUT2D eigenvalue weighted by Gasteiger charge is 2.34. The Hall–Kier alpha value is -3.33. The molecule has 9 nitrogen and oxygen atoms in total. The molecular formula is C27H37N3O6. The van der Waals surface area contributed by atoms with Crippen molar-refractivity contribution in [3.05, 3.63) is 42.0 Å². The third kappa shape index (κ3) is 6.66. The van der Waals surface area contributed by atoms with E-state index in [1.807, 2.05) is 31.2 Å². The van der Waals surface area contributed by atoms with Crippen LogP contribution in [0.5, 0.6) is 11.8 Å². The second-order valence-corrected chi connectivity index (χ2v) is 9.45. The minimum atomic E-state index is -0.775. The summed E-state index contributed by atoms with van der Waals surface area (Å²) >= 11 is 0. The maximum Gasteiger partial charge on any atom is 0.326 e. The molecule has 1 fully saturated rings. The first-order chi connectivity index (χ1) is 17.2. The molecule has 1 heterocycles. The van der Waals surface area contributed by atoms with Crippen molar-refractivity contribution < 1.29 is 28.9 Å². The monoisotopic (exact) mass is 499 g/mol. The molecule has 1 aliphatic carbocycles. The van der Waals surface area contributed by atoms with Crippen molar-refractivity contribution in [2.75, 3.05) is 31.0 Å². The number of carboxylic acids is 1. The highest BCUT2D eigenvalue weighted by molar-refractivity contribution is 6.03. The fraction of sp³-hybridized carbons (Fsp3) is 0.519. The second-order valence-electron chi connectivity index (χ2n) is 9.45. The zero-order chi connectivity index (χ0) is 26.2. The van der Waals surface area contributed by atoms with Gasteiger partial charge in [-0.1, -0.05) is 32.0 Å². The number of ether oxygens (including phenoxy) is 3. The average Bonchev–Trinajstić information content (AvgIpc) is 2.86. The normalized spacial score (nSPS) is 18.4. The van der Waals surface area contributed by atoms with E-state index in [1.165, 1.54) is 7.11 Å². The lowest BCUT2D eigenvalue weighted by Gasteiger charge is -2.37. The SMILES string of the molecule is COC[C@H](C)Oc1nc(OC)ccc1NC(=O)N(c1ccccc1C(C)C)C1CCC(C(=O)O)CC1. The number of methoxy groups -OCH3 is 2. The summed E-state index contributed by atoms with van der Waals surface area (Å²) in [5, 5.41) is 12.4. The number of carbonyl (C=O) groups excluding carboxylic acids is 1. The topological polar surface area (TPSA) is 110 Å². The van der Waals surface area contributed by atoms with Crippen LogP contribution in [-0.4, -0.2) is 55.1 Å². The van der Waals surface area contributed by atoms with Crippen LogP contribution >= 0.6 is 0 Å². The largest absolute Gasteiger partial charge is 0.481 e. The van der Waals surface area contributed by atoms with E-state index in [1.54, 1.807) is 24.1 Å². The molecule has 0 radical (unpaired) electrons. The van der Waals surface area contributed by atoms with Gasteiger partial charge in [-0.3, -0.25) is 9.69 Å². The van der Waals surface area contributed by atoms with Gasteiger partial charge in [0.05, 0.1) is 19.6 Å². The number of benzene rings is 1. The van der Waals surface area contributed by atoms with Gasteiger partial charge in [0.25, 0.3) is 0 Å². The number of nitrogens with one attached hydrogen (secondary N) is 1. The number of nitrogens with zero attached hydrogens (tertiary/aromatic N) is 2. The minimum absolute atomic E-state index is 0.136. The van der Waals surface area contributed by atoms with Gasteiger partial charge < -0.3 is 24.6 Å². The third-order valence-electron chi connectivity index (χ3n) is 6.45. The summed E-state index contributed by atoms with van der Waals surface area (Å²) in [6.45, 7) is 6.38. The summed E-state index contributed by atoms with van der Waals surface area (Å²) in [4.78, 5) is 31.6. The Morgan fingerprint density at radius 3 is 2.39 bits per heavy atom. The molecule has 196 valence electrons. The van der Waals surface area contributed by atoms with Crippen molar-refractivity contribution in [3.8, 4) is 11.8 Å². The molecule has 0 aliphatic heterocycles. The van der Waals surface area contributed by atoms with Crippen LogP contribution in [0.2, 0.25) is 0 Å². The van der Waals surface area contributed by atoms with Crippen LogP contribution in [-0.2, 0) is 9.53 Å². The van der Waals surface area contributed by atoms with E-state index in [0.29, 0.717) is 43.9 Å². The van der Waals surface area contributed by atoms with Gasteiger partial charge >= 0.3 is 12.0 Å². The number of aromatic nitrogens is 1. The highest BCUT2D eigenvalue weighted by Crippen LogP contribution is 2.36. The van der Waals surface area contributed by atoms with Crippen molar-refractivity contribution in [2.45, 2.75) is 64.5 Å². The molecule has 0 bridgehead atoms. The number of urea groups is 1. The number of rotatable bonds is 10. The second kappa shape index (κ2) is 12.6. The van der Waals surface area contributed by atoms with E-state index in [0.717, 1.165) is 11.3 Å². The summed E-state index contributed by atoms with van der Waals surface area (Å²) in [6, 6.07) is 10.8.